The van der Waals surface area contributed by atoms with Crippen molar-refractivity contribution in [1.82, 2.24) is 15.0 Å². The molecule has 0 aliphatic rings. The zero-order valence-corrected chi connectivity index (χ0v) is 9.40. The summed E-state index contributed by atoms with van der Waals surface area (Å²) in [6.07, 6.45) is -3.44. The molecule has 2 rings (SSSR count). The highest BCUT2D eigenvalue weighted by atomic mass is 35.5. The van der Waals surface area contributed by atoms with Gasteiger partial charge in [-0.05, 0) is 12.1 Å². The van der Waals surface area contributed by atoms with Crippen molar-refractivity contribution in [1.29, 1.82) is 0 Å². The van der Waals surface area contributed by atoms with Crippen molar-refractivity contribution in [3.63, 3.8) is 0 Å². The van der Waals surface area contributed by atoms with Gasteiger partial charge >= 0.3 is 6.18 Å². The molecule has 0 saturated heterocycles. The van der Waals surface area contributed by atoms with Crippen LogP contribution in [0.3, 0.4) is 0 Å². The topological polar surface area (TPSA) is 47.8 Å². The van der Waals surface area contributed by atoms with E-state index in [1.54, 1.807) is 0 Å². The number of rotatable bonds is 2. The van der Waals surface area contributed by atoms with E-state index in [2.05, 4.69) is 10.3 Å². The van der Waals surface area contributed by atoms with Crippen LogP contribution in [0.4, 0.5) is 13.2 Å². The molecule has 0 aliphatic heterocycles. The van der Waals surface area contributed by atoms with Crippen molar-refractivity contribution >= 4 is 17.9 Å². The maximum atomic E-state index is 12.4. The molecule has 94 valence electrons. The van der Waals surface area contributed by atoms with Crippen LogP contribution >= 0.6 is 11.6 Å². The Morgan fingerprint density at radius 1 is 1.33 bits per heavy atom. The van der Waals surface area contributed by atoms with E-state index in [1.807, 2.05) is 0 Å². The Morgan fingerprint density at radius 2 is 2.06 bits per heavy atom. The molecule has 2 aromatic rings. The number of halogens is 4. The Balaban J connectivity index is 2.56. The van der Waals surface area contributed by atoms with Crippen LogP contribution in [-0.2, 0) is 6.18 Å². The average Bonchev–Trinajstić information content (AvgIpc) is 2.77. The number of benzene rings is 1. The summed E-state index contributed by atoms with van der Waals surface area (Å²) in [5.74, 6) is 0. The fourth-order valence-electron chi connectivity index (χ4n) is 1.37. The van der Waals surface area contributed by atoms with Crippen molar-refractivity contribution in [2.45, 2.75) is 6.18 Å². The third-order valence-corrected chi connectivity index (χ3v) is 2.46. The fraction of sp³-hybridized carbons (Fsp3) is 0.100. The minimum atomic E-state index is -4.60. The highest BCUT2D eigenvalue weighted by Gasteiger charge is 2.34. The molecule has 0 saturated carbocycles. The van der Waals surface area contributed by atoms with E-state index in [1.165, 1.54) is 18.2 Å². The molecule has 0 fully saturated rings. The molecule has 18 heavy (non-hydrogen) atoms. The van der Waals surface area contributed by atoms with Gasteiger partial charge in [0, 0.05) is 5.56 Å². The van der Waals surface area contributed by atoms with E-state index in [0.29, 0.717) is 12.5 Å². The molecule has 0 unspecified atom stereocenters. The van der Waals surface area contributed by atoms with Gasteiger partial charge in [-0.3, -0.25) is 4.79 Å². The second kappa shape index (κ2) is 4.41. The number of aromatic nitrogens is 3. The van der Waals surface area contributed by atoms with Crippen LogP contribution in [0.25, 0.3) is 5.69 Å². The van der Waals surface area contributed by atoms with Gasteiger partial charge in [0.1, 0.15) is 0 Å². The largest absolute Gasteiger partial charge is 0.436 e. The summed E-state index contributed by atoms with van der Waals surface area (Å²) in [5.41, 5.74) is -0.961. The Bertz CT molecular complexity index is 594. The molecule has 1 aromatic heterocycles. The second-order valence-corrected chi connectivity index (χ2v) is 3.75. The Labute approximate surface area is 104 Å². The van der Waals surface area contributed by atoms with Gasteiger partial charge in [0.2, 0.25) is 0 Å². The van der Waals surface area contributed by atoms with Gasteiger partial charge in [-0.2, -0.15) is 13.2 Å². The Kier molecular flexibility index (Phi) is 3.08. The number of carbonyl (C=O) groups excluding carboxylic acids is 1. The standard InChI is InChI=1S/C10H5ClF3N3O/c11-7-3-1-2-6(5-18)9(7)17-4-8(15-16-17)10(12,13)14/h1-5H. The van der Waals surface area contributed by atoms with Gasteiger partial charge < -0.3 is 0 Å². The molecule has 1 heterocycles. The normalized spacial score (nSPS) is 11.6. The second-order valence-electron chi connectivity index (χ2n) is 3.34. The summed E-state index contributed by atoms with van der Waals surface area (Å²) < 4.78 is 38.0. The minimum Gasteiger partial charge on any atom is -0.298 e. The highest BCUT2D eigenvalue weighted by molar-refractivity contribution is 6.32. The predicted molar refractivity (Wildman–Crippen MR) is 56.8 cm³/mol. The first-order chi connectivity index (χ1) is 8.43. The minimum absolute atomic E-state index is 0.0668. The summed E-state index contributed by atoms with van der Waals surface area (Å²) in [6.45, 7) is 0. The van der Waals surface area contributed by atoms with Crippen LogP contribution in [0.1, 0.15) is 16.1 Å². The zero-order valence-electron chi connectivity index (χ0n) is 8.65. The van der Waals surface area contributed by atoms with Crippen LogP contribution in [0.15, 0.2) is 24.4 Å². The summed E-state index contributed by atoms with van der Waals surface area (Å²) in [5, 5.41) is 6.43. The number of hydrogen-bond donors (Lipinski definition) is 0. The summed E-state index contributed by atoms with van der Waals surface area (Å²) in [6, 6.07) is 4.37. The van der Waals surface area contributed by atoms with Gasteiger partial charge in [-0.25, -0.2) is 4.68 Å². The predicted octanol–water partition coefficient (Wildman–Crippen LogP) is 2.75. The smallest absolute Gasteiger partial charge is 0.298 e. The van der Waals surface area contributed by atoms with Crippen molar-refractivity contribution in [3.8, 4) is 5.69 Å². The van der Waals surface area contributed by atoms with Crippen molar-refractivity contribution < 1.29 is 18.0 Å². The molecule has 0 spiro atoms. The van der Waals surface area contributed by atoms with E-state index < -0.39 is 11.9 Å². The van der Waals surface area contributed by atoms with Crippen molar-refractivity contribution in [2.75, 3.05) is 0 Å². The lowest BCUT2D eigenvalue weighted by molar-refractivity contribution is -0.141. The Hall–Kier alpha value is -1.89. The molecule has 0 N–H and O–H groups in total. The number of hydrogen-bond acceptors (Lipinski definition) is 3. The third kappa shape index (κ3) is 2.21. The van der Waals surface area contributed by atoms with Gasteiger partial charge in [0.05, 0.1) is 16.9 Å². The zero-order chi connectivity index (χ0) is 13.3. The van der Waals surface area contributed by atoms with Gasteiger partial charge in [-0.1, -0.05) is 22.9 Å². The lowest BCUT2D eigenvalue weighted by Gasteiger charge is -2.05. The van der Waals surface area contributed by atoms with Crippen LogP contribution in [0.5, 0.6) is 0 Å². The lowest BCUT2D eigenvalue weighted by atomic mass is 10.2. The quantitative estimate of drug-likeness (QED) is 0.792. The summed E-state index contributed by atoms with van der Waals surface area (Å²) in [4.78, 5) is 10.8. The lowest BCUT2D eigenvalue weighted by Crippen LogP contribution is -2.05. The van der Waals surface area contributed by atoms with Crippen LogP contribution in [0.2, 0.25) is 5.02 Å². The first kappa shape index (κ1) is 12.6. The molecular weight excluding hydrogens is 271 g/mol. The van der Waals surface area contributed by atoms with E-state index in [-0.39, 0.29) is 16.3 Å². The average molecular weight is 276 g/mol. The van der Waals surface area contributed by atoms with E-state index >= 15 is 0 Å². The van der Waals surface area contributed by atoms with Crippen LogP contribution in [0, 0.1) is 0 Å². The molecule has 0 atom stereocenters. The first-order valence-electron chi connectivity index (χ1n) is 4.67. The first-order valence-corrected chi connectivity index (χ1v) is 5.05. The number of carbonyl (C=O) groups is 1. The van der Waals surface area contributed by atoms with E-state index in [0.717, 1.165) is 4.68 Å². The number of nitrogens with zero attached hydrogens (tertiary/aromatic N) is 3. The summed E-state index contributed by atoms with van der Waals surface area (Å²) >= 11 is 5.84. The summed E-state index contributed by atoms with van der Waals surface area (Å²) in [7, 11) is 0. The van der Waals surface area contributed by atoms with E-state index in [4.69, 9.17) is 11.6 Å². The molecular formula is C10H5ClF3N3O. The van der Waals surface area contributed by atoms with E-state index in [9.17, 15) is 18.0 Å². The molecule has 4 nitrogen and oxygen atoms in total. The fourth-order valence-corrected chi connectivity index (χ4v) is 1.64. The van der Waals surface area contributed by atoms with Crippen molar-refractivity contribution in [3.05, 3.63) is 40.7 Å². The monoisotopic (exact) mass is 275 g/mol. The third-order valence-electron chi connectivity index (χ3n) is 2.16. The molecule has 0 amide bonds. The molecule has 8 heteroatoms. The van der Waals surface area contributed by atoms with Gasteiger partial charge in [-0.15, -0.1) is 5.10 Å². The van der Waals surface area contributed by atoms with Crippen LogP contribution < -0.4 is 0 Å². The van der Waals surface area contributed by atoms with Gasteiger partial charge in [0.25, 0.3) is 0 Å². The van der Waals surface area contributed by atoms with Crippen LogP contribution in [-0.4, -0.2) is 21.3 Å². The van der Waals surface area contributed by atoms with Gasteiger partial charge in [0.15, 0.2) is 12.0 Å². The molecule has 0 bridgehead atoms. The molecule has 1 aromatic carbocycles. The molecule has 0 radical (unpaired) electrons. The van der Waals surface area contributed by atoms with Crippen molar-refractivity contribution in [2.24, 2.45) is 0 Å². The highest BCUT2D eigenvalue weighted by Crippen LogP contribution is 2.29. The maximum absolute atomic E-state index is 12.4. The number of aldehydes is 1. The SMILES string of the molecule is O=Cc1cccc(Cl)c1-n1cc(C(F)(F)F)nn1. The molecule has 0 aliphatic carbocycles. The number of para-hydroxylation sites is 1. The Morgan fingerprint density at radius 3 is 2.61 bits per heavy atom. The number of alkyl halides is 3. The maximum Gasteiger partial charge on any atom is 0.436 e.